The van der Waals surface area contributed by atoms with Crippen molar-refractivity contribution in [1.29, 1.82) is 0 Å². The highest BCUT2D eigenvalue weighted by Crippen LogP contribution is 2.38. The number of nitrogens with one attached hydrogen (secondary N) is 1. The molecule has 4 rings (SSSR count). The Morgan fingerprint density at radius 3 is 2.42 bits per heavy atom. The van der Waals surface area contributed by atoms with Gasteiger partial charge in [-0.15, -0.1) is 0 Å². The van der Waals surface area contributed by atoms with Crippen molar-refractivity contribution in [2.45, 2.75) is 44.3 Å². The van der Waals surface area contributed by atoms with Crippen LogP contribution in [-0.2, 0) is 11.0 Å². The Labute approximate surface area is 212 Å². The Balaban J connectivity index is 1.23. The van der Waals surface area contributed by atoms with Gasteiger partial charge in [0.05, 0.1) is 4.92 Å². The summed E-state index contributed by atoms with van der Waals surface area (Å²) >= 11 is 5.96. The van der Waals surface area contributed by atoms with E-state index in [1.54, 1.807) is 4.90 Å². The first kappa shape index (κ1) is 26.1. The normalized spacial score (nSPS) is 18.9. The maximum Gasteiger partial charge on any atom is 0.423 e. The Morgan fingerprint density at radius 2 is 1.78 bits per heavy atom. The molecule has 36 heavy (non-hydrogen) atoms. The minimum absolute atomic E-state index is 0.0547. The minimum Gasteiger partial charge on any atom is -0.380 e. The average molecular weight is 525 g/mol. The highest BCUT2D eigenvalue weighted by atomic mass is 35.5. The van der Waals surface area contributed by atoms with Crippen LogP contribution in [0.15, 0.2) is 42.5 Å². The molecular weight excluding hydrogens is 497 g/mol. The number of carbonyl (C=O) groups is 1. The molecule has 0 unspecified atom stereocenters. The Kier molecular flexibility index (Phi) is 7.92. The zero-order chi connectivity index (χ0) is 25.9. The molecule has 1 atom stereocenters. The summed E-state index contributed by atoms with van der Waals surface area (Å²) in [6.07, 6.45) is -0.927. The molecule has 2 aromatic carbocycles. The molecule has 0 aromatic heterocycles. The molecule has 0 aliphatic carbocycles. The summed E-state index contributed by atoms with van der Waals surface area (Å²) in [7, 11) is 0. The van der Waals surface area contributed by atoms with E-state index in [1.807, 2.05) is 24.3 Å². The van der Waals surface area contributed by atoms with E-state index >= 15 is 0 Å². The van der Waals surface area contributed by atoms with E-state index in [4.69, 9.17) is 11.6 Å². The van der Waals surface area contributed by atoms with Crippen molar-refractivity contribution in [2.24, 2.45) is 5.92 Å². The van der Waals surface area contributed by atoms with E-state index in [0.717, 1.165) is 50.2 Å². The molecule has 11 heteroatoms. The SMILES string of the molecule is O=C(CCC1CCN(c2ccc(Cl)cc2)CC1)N1CC[C@H](Nc2ccc([N+](=O)[O-])c(C(F)(F)F)c2)C1. The molecule has 2 aliphatic rings. The van der Waals surface area contributed by atoms with Crippen molar-refractivity contribution in [2.75, 3.05) is 36.4 Å². The van der Waals surface area contributed by atoms with E-state index in [0.29, 0.717) is 36.9 Å². The van der Waals surface area contributed by atoms with Crippen LogP contribution >= 0.6 is 11.6 Å². The molecule has 7 nitrogen and oxygen atoms in total. The highest BCUT2D eigenvalue weighted by Gasteiger charge is 2.38. The van der Waals surface area contributed by atoms with Gasteiger partial charge in [0.1, 0.15) is 5.56 Å². The number of rotatable bonds is 7. The highest BCUT2D eigenvalue weighted by molar-refractivity contribution is 6.30. The monoisotopic (exact) mass is 524 g/mol. The summed E-state index contributed by atoms with van der Waals surface area (Å²) in [5.74, 6) is 0.536. The third-order valence-electron chi connectivity index (χ3n) is 6.98. The van der Waals surface area contributed by atoms with Crippen molar-refractivity contribution in [3.05, 3.63) is 63.2 Å². The van der Waals surface area contributed by atoms with Gasteiger partial charge in [-0.1, -0.05) is 11.6 Å². The van der Waals surface area contributed by atoms with Crippen molar-refractivity contribution < 1.29 is 22.9 Å². The average Bonchev–Trinajstić information content (AvgIpc) is 3.31. The lowest BCUT2D eigenvalue weighted by Crippen LogP contribution is -2.35. The predicted octanol–water partition coefficient (Wildman–Crippen LogP) is 5.98. The van der Waals surface area contributed by atoms with E-state index in [9.17, 15) is 28.1 Å². The number of anilines is 2. The van der Waals surface area contributed by atoms with Crippen LogP contribution in [0.3, 0.4) is 0 Å². The summed E-state index contributed by atoms with van der Waals surface area (Å²) < 4.78 is 39.7. The second-order valence-electron chi connectivity index (χ2n) is 9.40. The van der Waals surface area contributed by atoms with Crippen LogP contribution in [0.25, 0.3) is 0 Å². The molecule has 0 radical (unpaired) electrons. The molecule has 2 saturated heterocycles. The van der Waals surface area contributed by atoms with Crippen LogP contribution in [0, 0.1) is 16.0 Å². The predicted molar refractivity (Wildman–Crippen MR) is 132 cm³/mol. The first-order valence-corrected chi connectivity index (χ1v) is 12.4. The fraction of sp³-hybridized carbons (Fsp3) is 0.480. The maximum absolute atomic E-state index is 13.2. The van der Waals surface area contributed by atoms with Gasteiger partial charge in [0.25, 0.3) is 5.69 Å². The number of amides is 1. The van der Waals surface area contributed by atoms with Crippen LogP contribution in [-0.4, -0.2) is 48.0 Å². The zero-order valence-corrected chi connectivity index (χ0v) is 20.4. The lowest BCUT2D eigenvalue weighted by atomic mass is 9.91. The molecule has 2 heterocycles. The molecular formula is C25H28ClF3N4O3. The molecule has 194 valence electrons. The molecule has 2 aromatic rings. The summed E-state index contributed by atoms with van der Waals surface area (Å²) in [6, 6.07) is 10.5. The van der Waals surface area contributed by atoms with Gasteiger partial charge in [0.15, 0.2) is 0 Å². The summed E-state index contributed by atoms with van der Waals surface area (Å²) in [5.41, 5.74) is -0.958. The number of nitro groups is 1. The number of piperidine rings is 1. The van der Waals surface area contributed by atoms with Crippen LogP contribution in [0.4, 0.5) is 30.2 Å². The van der Waals surface area contributed by atoms with Crippen LogP contribution in [0.1, 0.15) is 37.7 Å². The number of hydrogen-bond acceptors (Lipinski definition) is 5. The second-order valence-corrected chi connectivity index (χ2v) is 9.84. The van der Waals surface area contributed by atoms with Crippen molar-refractivity contribution in [1.82, 2.24) is 4.90 Å². The summed E-state index contributed by atoms with van der Waals surface area (Å²) in [5, 5.41) is 14.7. The topological polar surface area (TPSA) is 78.7 Å². The van der Waals surface area contributed by atoms with E-state index in [-0.39, 0.29) is 17.6 Å². The minimum atomic E-state index is -4.83. The number of hydrogen-bond donors (Lipinski definition) is 1. The molecule has 1 amide bonds. The fourth-order valence-electron chi connectivity index (χ4n) is 4.97. The molecule has 1 N–H and O–H groups in total. The van der Waals surface area contributed by atoms with Crippen LogP contribution in [0.2, 0.25) is 5.02 Å². The van der Waals surface area contributed by atoms with Gasteiger partial charge >= 0.3 is 6.18 Å². The van der Waals surface area contributed by atoms with Crippen LogP contribution in [0.5, 0.6) is 0 Å². The van der Waals surface area contributed by atoms with Gasteiger partial charge in [0.2, 0.25) is 5.91 Å². The third-order valence-corrected chi connectivity index (χ3v) is 7.24. The number of alkyl halides is 3. The number of likely N-dealkylation sites (tertiary alicyclic amines) is 1. The largest absolute Gasteiger partial charge is 0.423 e. The fourth-order valence-corrected chi connectivity index (χ4v) is 5.10. The Hall–Kier alpha value is -3.01. The number of carbonyl (C=O) groups excluding carboxylic acids is 1. The molecule has 2 aliphatic heterocycles. The summed E-state index contributed by atoms with van der Waals surface area (Å²) in [6.45, 7) is 2.80. The first-order valence-electron chi connectivity index (χ1n) is 12.0. The number of halogens is 4. The maximum atomic E-state index is 13.2. The lowest BCUT2D eigenvalue weighted by molar-refractivity contribution is -0.388. The van der Waals surface area contributed by atoms with Gasteiger partial charge in [-0.3, -0.25) is 14.9 Å². The van der Waals surface area contributed by atoms with Gasteiger partial charge in [0, 0.05) is 61.1 Å². The number of nitrogens with zero attached hydrogens (tertiary/aromatic N) is 3. The van der Waals surface area contributed by atoms with Gasteiger partial charge in [-0.05, 0) is 68.0 Å². The third kappa shape index (κ3) is 6.40. The summed E-state index contributed by atoms with van der Waals surface area (Å²) in [4.78, 5) is 26.7. The van der Waals surface area contributed by atoms with E-state index in [1.165, 1.54) is 6.07 Å². The molecule has 0 bridgehead atoms. The molecule has 0 saturated carbocycles. The van der Waals surface area contributed by atoms with E-state index < -0.39 is 22.4 Å². The first-order chi connectivity index (χ1) is 17.1. The second kappa shape index (κ2) is 10.9. The Bertz CT molecular complexity index is 1090. The van der Waals surface area contributed by atoms with Crippen molar-refractivity contribution in [3.8, 4) is 0 Å². The number of benzene rings is 2. The molecule has 0 spiro atoms. The van der Waals surface area contributed by atoms with E-state index in [2.05, 4.69) is 10.2 Å². The lowest BCUT2D eigenvalue weighted by Gasteiger charge is -2.33. The smallest absolute Gasteiger partial charge is 0.380 e. The van der Waals surface area contributed by atoms with Crippen molar-refractivity contribution >= 4 is 34.6 Å². The van der Waals surface area contributed by atoms with Crippen LogP contribution < -0.4 is 10.2 Å². The van der Waals surface area contributed by atoms with Gasteiger partial charge in [-0.25, -0.2) is 0 Å². The van der Waals surface area contributed by atoms with Gasteiger partial charge in [-0.2, -0.15) is 13.2 Å². The number of nitro benzene ring substituents is 1. The Morgan fingerprint density at radius 1 is 1.08 bits per heavy atom. The van der Waals surface area contributed by atoms with Gasteiger partial charge < -0.3 is 15.1 Å². The molecule has 2 fully saturated rings. The van der Waals surface area contributed by atoms with Crippen molar-refractivity contribution in [3.63, 3.8) is 0 Å². The standard InChI is InChI=1S/C25H28ClF3N4O3/c26-18-2-5-21(6-3-18)31-12-9-17(10-13-31)1-8-24(34)32-14-11-20(16-32)30-19-4-7-23(33(35)36)22(15-19)25(27,28)29/h2-7,15,17,20,30H,1,8-14,16H2/t20-/m0/s1. The quantitative estimate of drug-likeness (QED) is 0.356. The zero-order valence-electron chi connectivity index (χ0n) is 19.6.